The fourth-order valence-electron chi connectivity index (χ4n) is 4.55. The lowest BCUT2D eigenvalue weighted by Gasteiger charge is -2.21. The molecule has 1 aliphatic carbocycles. The van der Waals surface area contributed by atoms with Crippen LogP contribution in [0.25, 0.3) is 0 Å². The number of sulfonamides is 1. The third-order valence-electron chi connectivity index (χ3n) is 7.18. The van der Waals surface area contributed by atoms with Crippen LogP contribution in [0.2, 0.25) is 10.0 Å². The number of carbonyl (C=O) groups excluding carboxylic acids is 2. The van der Waals surface area contributed by atoms with Crippen LogP contribution in [-0.2, 0) is 21.2 Å². The Morgan fingerprint density at radius 1 is 1.04 bits per heavy atom. The molecule has 1 amide bonds. The number of anilines is 1. The SMILES string of the molecule is CN(C)C(=O)c1cccc(NS(=O)(=O)c2ccc(C(=O)O[C@@H](Cc3c(Cl)c[nH+]cc3Cl)c3ccc(OC(F)F)c(OCC4CC4)c3)s2)c1. The summed E-state index contributed by atoms with van der Waals surface area (Å²) in [6.07, 6.45) is 3.85. The number of aromatic amines is 1. The molecule has 254 valence electrons. The molecular formula is C32H30Cl2F2N3O7S2+. The van der Waals surface area contributed by atoms with E-state index in [1.165, 1.54) is 59.8 Å². The van der Waals surface area contributed by atoms with E-state index in [4.69, 9.17) is 32.7 Å². The van der Waals surface area contributed by atoms with Gasteiger partial charge < -0.3 is 19.1 Å². The molecule has 1 fully saturated rings. The highest BCUT2D eigenvalue weighted by Crippen LogP contribution is 2.38. The normalized spacial score (nSPS) is 13.6. The molecule has 2 heterocycles. The van der Waals surface area contributed by atoms with E-state index in [2.05, 4.69) is 14.4 Å². The second-order valence-electron chi connectivity index (χ2n) is 11.1. The first-order valence-electron chi connectivity index (χ1n) is 14.5. The van der Waals surface area contributed by atoms with Gasteiger partial charge in [0.1, 0.15) is 25.2 Å². The number of halogens is 4. The van der Waals surface area contributed by atoms with Crippen LogP contribution in [-0.4, -0.2) is 52.5 Å². The van der Waals surface area contributed by atoms with Crippen LogP contribution < -0.4 is 19.2 Å². The molecule has 0 unspecified atom stereocenters. The van der Waals surface area contributed by atoms with E-state index in [-0.39, 0.29) is 54.2 Å². The maximum atomic E-state index is 13.5. The number of hydrogen-bond acceptors (Lipinski definition) is 8. The highest BCUT2D eigenvalue weighted by Gasteiger charge is 2.28. The summed E-state index contributed by atoms with van der Waals surface area (Å²) in [5.74, 6) is -0.981. The topological polar surface area (TPSA) is 125 Å². The number of rotatable bonds is 14. The molecule has 10 nitrogen and oxygen atoms in total. The molecule has 1 aliphatic rings. The molecule has 0 aliphatic heterocycles. The van der Waals surface area contributed by atoms with Gasteiger partial charge in [-0.3, -0.25) is 9.52 Å². The first kappa shape index (κ1) is 35.3. The van der Waals surface area contributed by atoms with Crippen molar-refractivity contribution in [1.82, 2.24) is 4.90 Å². The van der Waals surface area contributed by atoms with Crippen LogP contribution in [0.3, 0.4) is 0 Å². The molecular weight excluding hydrogens is 711 g/mol. The average molecular weight is 742 g/mol. The highest BCUT2D eigenvalue weighted by molar-refractivity contribution is 7.94. The fraction of sp³-hybridized carbons (Fsp3) is 0.281. The summed E-state index contributed by atoms with van der Waals surface area (Å²) >= 11 is 13.5. The Morgan fingerprint density at radius 3 is 2.44 bits per heavy atom. The summed E-state index contributed by atoms with van der Waals surface area (Å²) in [7, 11) is -0.993. The molecule has 4 aromatic rings. The van der Waals surface area contributed by atoms with Crippen molar-refractivity contribution in [2.24, 2.45) is 5.92 Å². The van der Waals surface area contributed by atoms with Gasteiger partial charge in [0.05, 0.1) is 6.61 Å². The van der Waals surface area contributed by atoms with E-state index in [9.17, 15) is 26.8 Å². The van der Waals surface area contributed by atoms with Gasteiger partial charge >= 0.3 is 12.6 Å². The van der Waals surface area contributed by atoms with Crippen LogP contribution in [0.1, 0.15) is 50.1 Å². The van der Waals surface area contributed by atoms with Gasteiger partial charge in [-0.2, -0.15) is 8.78 Å². The number of esters is 1. The maximum absolute atomic E-state index is 13.5. The Hall–Kier alpha value is -3.98. The van der Waals surface area contributed by atoms with E-state index in [1.54, 1.807) is 26.2 Å². The van der Waals surface area contributed by atoms with Crippen molar-refractivity contribution in [2.45, 2.75) is 36.2 Å². The van der Waals surface area contributed by atoms with Crippen molar-refractivity contribution in [3.05, 3.63) is 98.6 Å². The van der Waals surface area contributed by atoms with E-state index < -0.39 is 28.7 Å². The van der Waals surface area contributed by atoms with Crippen LogP contribution in [0.15, 0.2) is 71.2 Å². The average Bonchev–Trinajstić information content (AvgIpc) is 3.72. The first-order valence-corrected chi connectivity index (χ1v) is 17.6. The van der Waals surface area contributed by atoms with Gasteiger partial charge in [-0.05, 0) is 66.8 Å². The number of H-pyrrole nitrogens is 1. The number of hydrogen-bond donors (Lipinski definition) is 1. The Morgan fingerprint density at radius 2 is 1.77 bits per heavy atom. The quantitative estimate of drug-likeness (QED) is 0.139. The number of nitrogens with one attached hydrogen (secondary N) is 2. The lowest BCUT2D eigenvalue weighted by molar-refractivity contribution is -0.377. The minimum absolute atomic E-state index is 0.0186. The fourth-order valence-corrected chi connectivity index (χ4v) is 7.32. The Labute approximate surface area is 289 Å². The highest BCUT2D eigenvalue weighted by atomic mass is 35.5. The van der Waals surface area contributed by atoms with E-state index in [0.29, 0.717) is 35.0 Å². The number of alkyl halides is 2. The summed E-state index contributed by atoms with van der Waals surface area (Å²) in [6.45, 7) is -2.79. The molecule has 2 aromatic carbocycles. The second kappa shape index (κ2) is 15.1. The lowest BCUT2D eigenvalue weighted by Crippen LogP contribution is -2.21. The van der Waals surface area contributed by atoms with Crippen molar-refractivity contribution >= 4 is 62.1 Å². The van der Waals surface area contributed by atoms with Crippen molar-refractivity contribution in [2.75, 3.05) is 25.4 Å². The predicted molar refractivity (Wildman–Crippen MR) is 176 cm³/mol. The molecule has 5 rings (SSSR count). The van der Waals surface area contributed by atoms with E-state index in [0.717, 1.165) is 12.8 Å². The zero-order valence-electron chi connectivity index (χ0n) is 25.5. The third kappa shape index (κ3) is 8.92. The number of benzene rings is 2. The minimum atomic E-state index is -4.15. The van der Waals surface area contributed by atoms with Gasteiger partial charge in [0.2, 0.25) is 0 Å². The Kier molecular flexibility index (Phi) is 11.1. The molecule has 0 bridgehead atoms. The number of ether oxygens (including phenoxy) is 3. The molecule has 0 saturated heterocycles. The summed E-state index contributed by atoms with van der Waals surface area (Å²) in [5, 5.41) is 0.525. The summed E-state index contributed by atoms with van der Waals surface area (Å²) < 4.78 is 71.4. The monoisotopic (exact) mass is 740 g/mol. The van der Waals surface area contributed by atoms with Gasteiger partial charge in [0.15, 0.2) is 23.9 Å². The zero-order valence-corrected chi connectivity index (χ0v) is 28.7. The summed E-state index contributed by atoms with van der Waals surface area (Å²) in [5.41, 5.74) is 1.26. The molecule has 0 spiro atoms. The molecule has 2 aromatic heterocycles. The number of carbonyl (C=O) groups is 2. The number of amides is 1. The van der Waals surface area contributed by atoms with Crippen LogP contribution >= 0.6 is 34.5 Å². The maximum Gasteiger partial charge on any atom is 0.387 e. The molecule has 1 atom stereocenters. The molecule has 16 heteroatoms. The van der Waals surface area contributed by atoms with Crippen molar-refractivity contribution < 1.29 is 46.0 Å². The number of pyridine rings is 1. The molecule has 2 N–H and O–H groups in total. The van der Waals surface area contributed by atoms with Gasteiger partial charge in [0, 0.05) is 37.3 Å². The van der Waals surface area contributed by atoms with Crippen LogP contribution in [0.4, 0.5) is 14.5 Å². The third-order valence-corrected chi connectivity index (χ3v) is 10.8. The number of nitrogens with zero attached hydrogens (tertiary/aromatic N) is 1. The van der Waals surface area contributed by atoms with Gasteiger partial charge in [-0.15, -0.1) is 11.3 Å². The first-order chi connectivity index (χ1) is 22.8. The minimum Gasteiger partial charge on any atom is -0.489 e. The van der Waals surface area contributed by atoms with Crippen molar-refractivity contribution in [3.63, 3.8) is 0 Å². The van der Waals surface area contributed by atoms with Gasteiger partial charge in [-0.1, -0.05) is 35.3 Å². The molecule has 0 radical (unpaired) electrons. The zero-order chi connectivity index (χ0) is 34.6. The lowest BCUT2D eigenvalue weighted by atomic mass is 10.0. The van der Waals surface area contributed by atoms with Crippen LogP contribution in [0.5, 0.6) is 11.5 Å². The van der Waals surface area contributed by atoms with Gasteiger partial charge in [0.25, 0.3) is 15.9 Å². The Bertz CT molecular complexity index is 1900. The van der Waals surface area contributed by atoms with Crippen molar-refractivity contribution in [1.29, 1.82) is 0 Å². The van der Waals surface area contributed by atoms with Crippen LogP contribution in [0, 0.1) is 5.92 Å². The number of thiophene rings is 1. The predicted octanol–water partition coefficient (Wildman–Crippen LogP) is 6.90. The summed E-state index contributed by atoms with van der Waals surface area (Å²) in [6, 6.07) is 12.8. The van der Waals surface area contributed by atoms with Crippen molar-refractivity contribution in [3.8, 4) is 11.5 Å². The smallest absolute Gasteiger partial charge is 0.387 e. The largest absolute Gasteiger partial charge is 0.489 e. The molecule has 48 heavy (non-hydrogen) atoms. The molecule has 1 saturated carbocycles. The van der Waals surface area contributed by atoms with Gasteiger partial charge in [-0.25, -0.2) is 18.2 Å². The standard InChI is InChI=1S/C32H29Cl2F2N3O7S2/c1-39(2)30(40)20-4-3-5-21(12-20)38-48(42,43)29-11-10-28(47-29)31(41)45-26(14-22-23(33)15-37-16-24(22)34)19-8-9-25(46-32(35)36)27(13-19)44-17-18-6-7-18/h3-5,8-13,15-16,18,26,32,38H,6-7,14,17H2,1-2H3/p+1/t26-/m0/s1. The summed E-state index contributed by atoms with van der Waals surface area (Å²) in [4.78, 5) is 30.0. The second-order valence-corrected chi connectivity index (χ2v) is 14.9. The Balaban J connectivity index is 1.41. The van der Waals surface area contributed by atoms with E-state index in [1.807, 2.05) is 0 Å². The van der Waals surface area contributed by atoms with E-state index >= 15 is 0 Å². The number of aromatic nitrogens is 1.